The maximum absolute atomic E-state index is 12.6. The van der Waals surface area contributed by atoms with Gasteiger partial charge in [-0.1, -0.05) is 91.0 Å². The molecule has 0 saturated heterocycles. The summed E-state index contributed by atoms with van der Waals surface area (Å²) in [7, 11) is 0. The summed E-state index contributed by atoms with van der Waals surface area (Å²) in [6.45, 7) is 0. The van der Waals surface area contributed by atoms with Crippen molar-refractivity contribution >= 4 is 0 Å². The van der Waals surface area contributed by atoms with Crippen LogP contribution in [0.5, 0.6) is 0 Å². The SMILES string of the molecule is N#Cc1c(-c2ccccc2)c(-c2ccccc2)c(-c2ccccc2)oc1=O. The van der Waals surface area contributed by atoms with Gasteiger partial charge in [-0.15, -0.1) is 0 Å². The molecule has 3 heteroatoms. The summed E-state index contributed by atoms with van der Waals surface area (Å²) < 4.78 is 5.65. The van der Waals surface area contributed by atoms with Crippen LogP contribution in [0.2, 0.25) is 0 Å². The Bertz CT molecular complexity index is 1170. The fraction of sp³-hybridized carbons (Fsp3) is 0. The van der Waals surface area contributed by atoms with Crippen molar-refractivity contribution in [2.24, 2.45) is 0 Å². The Morgan fingerprint density at radius 3 is 1.56 bits per heavy atom. The van der Waals surface area contributed by atoms with Crippen molar-refractivity contribution in [2.75, 3.05) is 0 Å². The summed E-state index contributed by atoms with van der Waals surface area (Å²) in [4.78, 5) is 12.6. The second-order valence-corrected chi connectivity index (χ2v) is 6.05. The molecule has 4 aromatic rings. The second-order valence-electron chi connectivity index (χ2n) is 6.05. The molecule has 0 aliphatic carbocycles. The van der Waals surface area contributed by atoms with Crippen molar-refractivity contribution in [3.8, 4) is 39.6 Å². The lowest BCUT2D eigenvalue weighted by Gasteiger charge is -2.15. The van der Waals surface area contributed by atoms with Crippen molar-refractivity contribution in [3.05, 3.63) is 107 Å². The zero-order valence-corrected chi connectivity index (χ0v) is 14.4. The van der Waals surface area contributed by atoms with Crippen LogP contribution in [-0.4, -0.2) is 0 Å². The standard InChI is InChI=1S/C24H15NO2/c25-16-20-21(17-10-4-1-5-11-17)22(18-12-6-2-7-13-18)23(27-24(20)26)19-14-8-3-9-15-19/h1-15H. The van der Waals surface area contributed by atoms with Gasteiger partial charge >= 0.3 is 5.63 Å². The largest absolute Gasteiger partial charge is 0.421 e. The molecule has 0 fully saturated rings. The first-order valence-corrected chi connectivity index (χ1v) is 8.57. The average Bonchev–Trinajstić information content (AvgIpc) is 2.75. The lowest BCUT2D eigenvalue weighted by atomic mass is 9.89. The van der Waals surface area contributed by atoms with Crippen LogP contribution in [0.3, 0.4) is 0 Å². The fourth-order valence-corrected chi connectivity index (χ4v) is 3.20. The monoisotopic (exact) mass is 349 g/mol. The highest BCUT2D eigenvalue weighted by Gasteiger charge is 2.23. The highest BCUT2D eigenvalue weighted by molar-refractivity contribution is 5.94. The summed E-state index contributed by atoms with van der Waals surface area (Å²) >= 11 is 0. The first-order chi connectivity index (χ1) is 13.3. The van der Waals surface area contributed by atoms with Gasteiger partial charge in [-0.05, 0) is 11.1 Å². The number of benzene rings is 3. The molecule has 0 aliphatic rings. The number of rotatable bonds is 3. The molecule has 0 atom stereocenters. The second kappa shape index (κ2) is 7.15. The minimum atomic E-state index is -0.630. The quantitative estimate of drug-likeness (QED) is 0.490. The molecule has 0 radical (unpaired) electrons. The summed E-state index contributed by atoms with van der Waals surface area (Å²) in [6, 6.07) is 30.7. The van der Waals surface area contributed by atoms with Gasteiger partial charge in [0.15, 0.2) is 0 Å². The van der Waals surface area contributed by atoms with Crippen LogP contribution in [0.25, 0.3) is 33.6 Å². The van der Waals surface area contributed by atoms with Crippen molar-refractivity contribution in [1.82, 2.24) is 0 Å². The molecule has 1 aromatic heterocycles. The average molecular weight is 349 g/mol. The van der Waals surface area contributed by atoms with E-state index >= 15 is 0 Å². The van der Waals surface area contributed by atoms with Gasteiger partial charge in [0.05, 0.1) is 0 Å². The molecular weight excluding hydrogens is 334 g/mol. The topological polar surface area (TPSA) is 54.0 Å². The van der Waals surface area contributed by atoms with E-state index in [1.54, 1.807) is 0 Å². The molecule has 1 heterocycles. The summed E-state index contributed by atoms with van der Waals surface area (Å²) in [6.07, 6.45) is 0. The van der Waals surface area contributed by atoms with Gasteiger partial charge < -0.3 is 4.42 Å². The molecule has 0 saturated carbocycles. The predicted octanol–water partition coefficient (Wildman–Crippen LogP) is 5.51. The smallest absolute Gasteiger partial charge is 0.354 e. The summed E-state index contributed by atoms with van der Waals surface area (Å²) in [5, 5.41) is 9.68. The van der Waals surface area contributed by atoms with E-state index in [0.717, 1.165) is 22.3 Å². The van der Waals surface area contributed by atoms with E-state index < -0.39 is 5.63 Å². The third-order valence-corrected chi connectivity index (χ3v) is 4.40. The van der Waals surface area contributed by atoms with Gasteiger partial charge in [-0.2, -0.15) is 5.26 Å². The van der Waals surface area contributed by atoms with Gasteiger partial charge in [0.25, 0.3) is 0 Å². The van der Waals surface area contributed by atoms with Crippen molar-refractivity contribution < 1.29 is 4.42 Å². The van der Waals surface area contributed by atoms with E-state index in [1.807, 2.05) is 97.1 Å². The highest BCUT2D eigenvalue weighted by Crippen LogP contribution is 2.40. The van der Waals surface area contributed by atoms with Gasteiger partial charge in [0, 0.05) is 16.7 Å². The lowest BCUT2D eigenvalue weighted by molar-refractivity contribution is 0.526. The van der Waals surface area contributed by atoms with Crippen LogP contribution >= 0.6 is 0 Å². The number of hydrogen-bond acceptors (Lipinski definition) is 3. The van der Waals surface area contributed by atoms with Crippen LogP contribution in [0, 0.1) is 11.3 Å². The molecule has 3 nitrogen and oxygen atoms in total. The zero-order valence-electron chi connectivity index (χ0n) is 14.4. The van der Waals surface area contributed by atoms with E-state index in [2.05, 4.69) is 0 Å². The molecular formula is C24H15NO2. The molecule has 0 N–H and O–H groups in total. The van der Waals surface area contributed by atoms with Gasteiger partial charge in [-0.25, -0.2) is 4.79 Å². The van der Waals surface area contributed by atoms with Gasteiger partial charge in [0.2, 0.25) is 0 Å². The maximum atomic E-state index is 12.6. The molecule has 0 spiro atoms. The predicted molar refractivity (Wildman–Crippen MR) is 106 cm³/mol. The molecule has 3 aromatic carbocycles. The Morgan fingerprint density at radius 1 is 0.630 bits per heavy atom. The Hall–Kier alpha value is -3.90. The highest BCUT2D eigenvalue weighted by atomic mass is 16.4. The first-order valence-electron chi connectivity index (χ1n) is 8.57. The Balaban J connectivity index is 2.18. The Morgan fingerprint density at radius 2 is 1.07 bits per heavy atom. The molecule has 128 valence electrons. The zero-order chi connectivity index (χ0) is 18.6. The molecule has 0 bridgehead atoms. The molecule has 27 heavy (non-hydrogen) atoms. The number of nitriles is 1. The van der Waals surface area contributed by atoms with E-state index in [-0.39, 0.29) is 5.56 Å². The minimum Gasteiger partial charge on any atom is -0.421 e. The number of hydrogen-bond donors (Lipinski definition) is 0. The van der Waals surface area contributed by atoms with Crippen molar-refractivity contribution in [2.45, 2.75) is 0 Å². The van der Waals surface area contributed by atoms with Crippen LogP contribution < -0.4 is 5.63 Å². The van der Waals surface area contributed by atoms with E-state index in [4.69, 9.17) is 4.42 Å². The van der Waals surface area contributed by atoms with Gasteiger partial charge in [-0.3, -0.25) is 0 Å². The summed E-state index contributed by atoms with van der Waals surface area (Å²) in [5.41, 5.74) is 3.20. The van der Waals surface area contributed by atoms with Gasteiger partial charge in [0.1, 0.15) is 17.4 Å². The number of nitrogens with zero attached hydrogens (tertiary/aromatic N) is 1. The van der Waals surface area contributed by atoms with Crippen molar-refractivity contribution in [1.29, 1.82) is 5.26 Å². The molecule has 0 amide bonds. The first kappa shape index (κ1) is 16.6. The normalized spacial score (nSPS) is 10.3. The molecule has 4 rings (SSSR count). The lowest BCUT2D eigenvalue weighted by Crippen LogP contribution is -2.09. The van der Waals surface area contributed by atoms with Crippen molar-refractivity contribution in [3.63, 3.8) is 0 Å². The van der Waals surface area contributed by atoms with Crippen LogP contribution in [0.1, 0.15) is 5.56 Å². The van der Waals surface area contributed by atoms with E-state index in [1.165, 1.54) is 0 Å². The minimum absolute atomic E-state index is 0.0136. The Labute approximate surface area is 156 Å². The Kier molecular flexibility index (Phi) is 4.38. The third-order valence-electron chi connectivity index (χ3n) is 4.40. The molecule has 0 unspecified atom stereocenters. The van der Waals surface area contributed by atoms with Crippen LogP contribution in [0.15, 0.2) is 100 Å². The maximum Gasteiger partial charge on any atom is 0.354 e. The third kappa shape index (κ3) is 3.05. The van der Waals surface area contributed by atoms with E-state index in [9.17, 15) is 10.1 Å². The molecule has 0 aliphatic heterocycles. The van der Waals surface area contributed by atoms with Crippen LogP contribution in [-0.2, 0) is 0 Å². The van der Waals surface area contributed by atoms with Crippen LogP contribution in [0.4, 0.5) is 0 Å². The fourth-order valence-electron chi connectivity index (χ4n) is 3.20. The summed E-state index contributed by atoms with van der Waals surface area (Å²) in [5.74, 6) is 0.463. The van der Waals surface area contributed by atoms with E-state index in [0.29, 0.717) is 11.3 Å².